The van der Waals surface area contributed by atoms with Crippen LogP contribution in [0.2, 0.25) is 0 Å². The fourth-order valence-electron chi connectivity index (χ4n) is 0.732. The van der Waals surface area contributed by atoms with E-state index in [1.165, 1.54) is 0 Å². The van der Waals surface area contributed by atoms with Crippen molar-refractivity contribution < 1.29 is 9.90 Å². The lowest BCUT2D eigenvalue weighted by Crippen LogP contribution is -1.87. The quantitative estimate of drug-likeness (QED) is 0.735. The summed E-state index contributed by atoms with van der Waals surface area (Å²) < 4.78 is 0. The van der Waals surface area contributed by atoms with Crippen LogP contribution in [0.3, 0.4) is 0 Å². The van der Waals surface area contributed by atoms with Crippen molar-refractivity contribution in [3.63, 3.8) is 0 Å². The van der Waals surface area contributed by atoms with Gasteiger partial charge in [0.05, 0.1) is 6.10 Å². The predicted octanol–water partition coefficient (Wildman–Crippen LogP) is 2.58. The second-order valence-corrected chi connectivity index (χ2v) is 3.47. The molecular weight excluding hydrogens is 176 g/mol. The Balaban J connectivity index is 0.000000292. The van der Waals surface area contributed by atoms with Gasteiger partial charge in [-0.2, -0.15) is 0 Å². The van der Waals surface area contributed by atoms with E-state index >= 15 is 0 Å². The van der Waals surface area contributed by atoms with Gasteiger partial charge in [-0.1, -0.05) is 44.2 Å². The fourth-order valence-corrected chi connectivity index (χ4v) is 0.732. The Bertz CT molecular complexity index is 240. The van der Waals surface area contributed by atoms with Crippen molar-refractivity contribution in [2.45, 2.75) is 26.9 Å². The van der Waals surface area contributed by atoms with Crippen LogP contribution in [-0.2, 0) is 4.79 Å². The first-order chi connectivity index (χ1) is 6.57. The molecular formula is C12H18O2. The normalized spacial score (nSPS) is 11.5. The van der Waals surface area contributed by atoms with E-state index in [1.54, 1.807) is 6.92 Å². The summed E-state index contributed by atoms with van der Waals surface area (Å²) in [6.07, 6.45) is 0.575. The minimum Gasteiger partial charge on any atom is -0.389 e. The molecule has 0 aliphatic carbocycles. The second-order valence-electron chi connectivity index (χ2n) is 3.47. The molecule has 78 valence electrons. The van der Waals surface area contributed by atoms with E-state index in [9.17, 15) is 4.79 Å². The Labute approximate surface area is 85.6 Å². The Morgan fingerprint density at radius 3 is 1.79 bits per heavy atom. The Kier molecular flexibility index (Phi) is 6.68. The highest BCUT2D eigenvalue weighted by Crippen LogP contribution is 2.09. The maximum atomic E-state index is 9.50. The van der Waals surface area contributed by atoms with Crippen molar-refractivity contribution in [1.29, 1.82) is 0 Å². The molecule has 0 aliphatic rings. The highest BCUT2D eigenvalue weighted by Gasteiger charge is 1.95. The van der Waals surface area contributed by atoms with Crippen molar-refractivity contribution >= 4 is 6.29 Å². The van der Waals surface area contributed by atoms with E-state index in [0.29, 0.717) is 0 Å². The third-order valence-corrected chi connectivity index (χ3v) is 1.55. The molecule has 1 N–H and O–H groups in total. The Hall–Kier alpha value is -1.15. The topological polar surface area (TPSA) is 37.3 Å². The van der Waals surface area contributed by atoms with Crippen molar-refractivity contribution in [2.24, 2.45) is 5.92 Å². The molecule has 0 heterocycles. The van der Waals surface area contributed by atoms with Gasteiger partial charge in [-0.05, 0) is 12.5 Å². The molecule has 1 unspecified atom stereocenters. The predicted molar refractivity (Wildman–Crippen MR) is 58.0 cm³/mol. The number of carbonyl (C=O) groups excluding carboxylic acids is 1. The molecule has 0 radical (unpaired) electrons. The molecule has 14 heavy (non-hydrogen) atoms. The number of benzene rings is 1. The third-order valence-electron chi connectivity index (χ3n) is 1.55. The molecule has 2 nitrogen and oxygen atoms in total. The molecule has 0 fully saturated rings. The Morgan fingerprint density at radius 1 is 1.14 bits per heavy atom. The van der Waals surface area contributed by atoms with Crippen LogP contribution < -0.4 is 0 Å². The van der Waals surface area contributed by atoms with Gasteiger partial charge >= 0.3 is 0 Å². The number of aliphatic hydroxyl groups is 1. The second kappa shape index (κ2) is 7.27. The van der Waals surface area contributed by atoms with Gasteiger partial charge in [-0.3, -0.25) is 0 Å². The molecule has 1 rings (SSSR count). The summed E-state index contributed by atoms with van der Waals surface area (Å²) in [4.78, 5) is 9.50. The molecule has 0 spiro atoms. The first-order valence-corrected chi connectivity index (χ1v) is 4.76. The SMILES string of the molecule is CC(C)C=O.CC(O)c1ccccc1. The summed E-state index contributed by atoms with van der Waals surface area (Å²) in [5.41, 5.74) is 0.970. The molecule has 0 saturated heterocycles. The molecule has 0 amide bonds. The number of hydrogen-bond donors (Lipinski definition) is 1. The van der Waals surface area contributed by atoms with Gasteiger partial charge in [0, 0.05) is 5.92 Å². The zero-order valence-electron chi connectivity index (χ0n) is 8.97. The summed E-state index contributed by atoms with van der Waals surface area (Å²) in [7, 11) is 0. The summed E-state index contributed by atoms with van der Waals surface area (Å²) in [5.74, 6) is 0.204. The van der Waals surface area contributed by atoms with Crippen LogP contribution in [0.25, 0.3) is 0 Å². The number of aldehydes is 1. The zero-order chi connectivity index (χ0) is 11.0. The van der Waals surface area contributed by atoms with Crippen LogP contribution in [0.5, 0.6) is 0 Å². The van der Waals surface area contributed by atoms with E-state index in [0.717, 1.165) is 11.8 Å². The van der Waals surface area contributed by atoms with Gasteiger partial charge in [0.25, 0.3) is 0 Å². The first-order valence-electron chi connectivity index (χ1n) is 4.76. The smallest absolute Gasteiger partial charge is 0.122 e. The average Bonchev–Trinajstić information content (AvgIpc) is 2.20. The molecule has 0 aliphatic heterocycles. The summed E-state index contributed by atoms with van der Waals surface area (Å²) in [6, 6.07) is 9.59. The van der Waals surface area contributed by atoms with Crippen LogP contribution in [-0.4, -0.2) is 11.4 Å². The minimum atomic E-state index is -0.341. The first kappa shape index (κ1) is 12.8. The van der Waals surface area contributed by atoms with Crippen LogP contribution >= 0.6 is 0 Å². The van der Waals surface area contributed by atoms with Crippen molar-refractivity contribution in [3.05, 3.63) is 35.9 Å². The van der Waals surface area contributed by atoms with E-state index in [1.807, 2.05) is 44.2 Å². The van der Waals surface area contributed by atoms with E-state index in [2.05, 4.69) is 0 Å². The molecule has 0 saturated carbocycles. The van der Waals surface area contributed by atoms with Crippen molar-refractivity contribution in [3.8, 4) is 0 Å². The van der Waals surface area contributed by atoms with Gasteiger partial charge in [0.1, 0.15) is 6.29 Å². The third kappa shape index (κ3) is 6.38. The van der Waals surface area contributed by atoms with Crippen LogP contribution in [0, 0.1) is 5.92 Å². The highest BCUT2D eigenvalue weighted by molar-refractivity contribution is 5.51. The van der Waals surface area contributed by atoms with E-state index < -0.39 is 0 Å². The monoisotopic (exact) mass is 194 g/mol. The summed E-state index contributed by atoms with van der Waals surface area (Å²) >= 11 is 0. The van der Waals surface area contributed by atoms with Crippen molar-refractivity contribution in [1.82, 2.24) is 0 Å². The summed E-state index contributed by atoms with van der Waals surface area (Å²) in [5, 5.41) is 9.02. The number of hydrogen-bond acceptors (Lipinski definition) is 2. The number of rotatable bonds is 2. The average molecular weight is 194 g/mol. The zero-order valence-corrected chi connectivity index (χ0v) is 8.97. The lowest BCUT2D eigenvalue weighted by molar-refractivity contribution is -0.110. The Morgan fingerprint density at radius 2 is 1.57 bits per heavy atom. The maximum absolute atomic E-state index is 9.50. The minimum absolute atomic E-state index is 0.204. The van der Waals surface area contributed by atoms with Gasteiger partial charge in [-0.15, -0.1) is 0 Å². The maximum Gasteiger partial charge on any atom is 0.122 e. The van der Waals surface area contributed by atoms with E-state index in [-0.39, 0.29) is 12.0 Å². The molecule has 2 heteroatoms. The molecule has 1 atom stereocenters. The number of carbonyl (C=O) groups is 1. The molecule has 1 aromatic rings. The van der Waals surface area contributed by atoms with Crippen LogP contribution in [0.15, 0.2) is 30.3 Å². The molecule has 0 bridgehead atoms. The highest BCUT2D eigenvalue weighted by atomic mass is 16.3. The molecule has 1 aromatic carbocycles. The lowest BCUT2D eigenvalue weighted by atomic mass is 10.1. The van der Waals surface area contributed by atoms with Crippen LogP contribution in [0.1, 0.15) is 32.4 Å². The largest absolute Gasteiger partial charge is 0.389 e. The van der Waals surface area contributed by atoms with Gasteiger partial charge < -0.3 is 9.90 Å². The van der Waals surface area contributed by atoms with E-state index in [4.69, 9.17) is 5.11 Å². The van der Waals surface area contributed by atoms with Crippen molar-refractivity contribution in [2.75, 3.05) is 0 Å². The standard InChI is InChI=1S/C8H10O.C4H8O/c1-7(9)8-5-3-2-4-6-8;1-4(2)3-5/h2-7,9H,1H3;3-4H,1-2H3. The van der Waals surface area contributed by atoms with Gasteiger partial charge in [-0.25, -0.2) is 0 Å². The van der Waals surface area contributed by atoms with Gasteiger partial charge in [0.2, 0.25) is 0 Å². The van der Waals surface area contributed by atoms with Gasteiger partial charge in [0.15, 0.2) is 0 Å². The lowest BCUT2D eigenvalue weighted by Gasteiger charge is -2.00. The summed E-state index contributed by atoms with van der Waals surface area (Å²) in [6.45, 7) is 5.47. The molecule has 0 aromatic heterocycles. The number of aliphatic hydroxyl groups excluding tert-OH is 1. The fraction of sp³-hybridized carbons (Fsp3) is 0.417. The van der Waals surface area contributed by atoms with Crippen LogP contribution in [0.4, 0.5) is 0 Å².